The average Bonchev–Trinajstić information content (AvgIpc) is 3.06. The van der Waals surface area contributed by atoms with Gasteiger partial charge in [-0.1, -0.05) is 67.6 Å². The van der Waals surface area contributed by atoms with Crippen LogP contribution in [-0.2, 0) is 17.8 Å². The number of esters is 1. The van der Waals surface area contributed by atoms with Gasteiger partial charge in [-0.25, -0.2) is 4.79 Å². The smallest absolute Gasteiger partial charge is 0.341 e. The summed E-state index contributed by atoms with van der Waals surface area (Å²) < 4.78 is 5.43. The highest BCUT2D eigenvalue weighted by molar-refractivity contribution is 6.01. The van der Waals surface area contributed by atoms with Gasteiger partial charge in [-0.2, -0.15) is 0 Å². The van der Waals surface area contributed by atoms with E-state index in [1.807, 2.05) is 67.6 Å². The molecule has 0 saturated heterocycles. The Kier molecular flexibility index (Phi) is 5.09. The zero-order valence-electron chi connectivity index (χ0n) is 14.0. The fourth-order valence-corrected chi connectivity index (χ4v) is 2.88. The maximum Gasteiger partial charge on any atom is 0.341 e. The number of hydrogen-bond donors (Lipinski definition) is 1. The Hall–Kier alpha value is -3.14. The number of H-pyrrole nitrogens is 1. The van der Waals surface area contributed by atoms with Crippen LogP contribution in [-0.4, -0.2) is 17.2 Å². The molecule has 2 aromatic carbocycles. The van der Waals surface area contributed by atoms with Crippen molar-refractivity contribution in [3.05, 3.63) is 83.0 Å². The molecule has 0 bridgehead atoms. The minimum atomic E-state index is -0.485. The fourth-order valence-electron chi connectivity index (χ4n) is 2.88. The summed E-state index contributed by atoms with van der Waals surface area (Å²) in [5.74, 6) is -0.485. The van der Waals surface area contributed by atoms with Crippen molar-refractivity contribution in [2.45, 2.75) is 20.0 Å². The van der Waals surface area contributed by atoms with Gasteiger partial charge in [0.2, 0.25) is 0 Å². The second-order valence-electron chi connectivity index (χ2n) is 5.67. The molecule has 0 aliphatic rings. The minimum Gasteiger partial charge on any atom is -0.457 e. The van der Waals surface area contributed by atoms with Gasteiger partial charge in [-0.3, -0.25) is 4.79 Å². The molecule has 0 aliphatic carbocycles. The predicted octanol–water partition coefficient (Wildman–Crippen LogP) is 4.41. The van der Waals surface area contributed by atoms with Crippen LogP contribution in [0.3, 0.4) is 0 Å². The van der Waals surface area contributed by atoms with Crippen molar-refractivity contribution in [1.82, 2.24) is 4.98 Å². The Morgan fingerprint density at radius 1 is 1.04 bits per heavy atom. The van der Waals surface area contributed by atoms with Gasteiger partial charge in [0, 0.05) is 0 Å². The van der Waals surface area contributed by atoms with Crippen LogP contribution in [0.4, 0.5) is 0 Å². The van der Waals surface area contributed by atoms with E-state index in [1.165, 1.54) is 0 Å². The molecule has 25 heavy (non-hydrogen) atoms. The van der Waals surface area contributed by atoms with E-state index in [1.54, 1.807) is 0 Å². The van der Waals surface area contributed by atoms with Crippen LogP contribution >= 0.6 is 0 Å². The molecular weight excluding hydrogens is 314 g/mol. The maximum atomic E-state index is 12.6. The number of nitrogens with one attached hydrogen (secondary N) is 1. The lowest BCUT2D eigenvalue weighted by Crippen LogP contribution is -2.09. The van der Waals surface area contributed by atoms with Gasteiger partial charge in [0.05, 0.1) is 17.0 Å². The van der Waals surface area contributed by atoms with Crippen molar-refractivity contribution in [2.24, 2.45) is 0 Å². The van der Waals surface area contributed by atoms with Crippen molar-refractivity contribution < 1.29 is 14.3 Å². The van der Waals surface area contributed by atoms with Gasteiger partial charge < -0.3 is 9.72 Å². The molecule has 1 heterocycles. The van der Waals surface area contributed by atoms with E-state index >= 15 is 0 Å². The minimum absolute atomic E-state index is 0.174. The van der Waals surface area contributed by atoms with Crippen LogP contribution in [0.15, 0.2) is 60.7 Å². The molecule has 0 saturated carbocycles. The highest BCUT2D eigenvalue weighted by Crippen LogP contribution is 2.29. The molecule has 0 atom stereocenters. The molecule has 1 aromatic heterocycles. The van der Waals surface area contributed by atoms with E-state index < -0.39 is 5.97 Å². The summed E-state index contributed by atoms with van der Waals surface area (Å²) in [5.41, 5.74) is 4.01. The van der Waals surface area contributed by atoms with Gasteiger partial charge in [0.1, 0.15) is 6.61 Å². The molecule has 3 rings (SSSR count). The largest absolute Gasteiger partial charge is 0.457 e. The molecule has 4 heteroatoms. The Morgan fingerprint density at radius 3 is 2.28 bits per heavy atom. The first-order chi connectivity index (χ1) is 12.2. The van der Waals surface area contributed by atoms with E-state index in [-0.39, 0.29) is 12.3 Å². The zero-order chi connectivity index (χ0) is 17.6. The summed E-state index contributed by atoms with van der Waals surface area (Å²) in [7, 11) is 0. The third-order valence-corrected chi connectivity index (χ3v) is 4.08. The molecule has 126 valence electrons. The molecule has 4 nitrogen and oxygen atoms in total. The lowest BCUT2D eigenvalue weighted by atomic mass is 10.0. The second kappa shape index (κ2) is 7.62. The molecule has 0 aliphatic heterocycles. The predicted molar refractivity (Wildman–Crippen MR) is 96.6 cm³/mol. The first kappa shape index (κ1) is 16.7. The topological polar surface area (TPSA) is 59.2 Å². The van der Waals surface area contributed by atoms with Gasteiger partial charge in [-0.15, -0.1) is 0 Å². The number of benzene rings is 2. The maximum absolute atomic E-state index is 12.6. The van der Waals surface area contributed by atoms with E-state index in [0.717, 1.165) is 22.4 Å². The lowest BCUT2D eigenvalue weighted by Gasteiger charge is -2.07. The summed E-state index contributed by atoms with van der Waals surface area (Å²) in [6, 6.07) is 19.1. The SMILES string of the molecule is CCc1c(-c2ccccc2)[nH]c(C=O)c1C(=O)OCc1ccccc1. The lowest BCUT2D eigenvalue weighted by molar-refractivity contribution is 0.0470. The normalized spacial score (nSPS) is 10.4. The highest BCUT2D eigenvalue weighted by atomic mass is 16.5. The molecular formula is C21H19NO3. The number of hydrogen-bond acceptors (Lipinski definition) is 3. The third kappa shape index (κ3) is 3.53. The monoisotopic (exact) mass is 333 g/mol. The van der Waals surface area contributed by atoms with Crippen LogP contribution in [0, 0.1) is 0 Å². The second-order valence-corrected chi connectivity index (χ2v) is 5.67. The van der Waals surface area contributed by atoms with Crippen molar-refractivity contribution in [1.29, 1.82) is 0 Å². The quantitative estimate of drug-likeness (QED) is 0.537. The molecule has 3 aromatic rings. The van der Waals surface area contributed by atoms with Gasteiger partial charge in [0.15, 0.2) is 6.29 Å². The van der Waals surface area contributed by atoms with Crippen LogP contribution in [0.25, 0.3) is 11.3 Å². The number of aromatic nitrogens is 1. The van der Waals surface area contributed by atoms with Crippen LogP contribution in [0.2, 0.25) is 0 Å². The van der Waals surface area contributed by atoms with E-state index in [4.69, 9.17) is 4.74 Å². The van der Waals surface area contributed by atoms with Gasteiger partial charge in [0.25, 0.3) is 0 Å². The molecule has 1 N–H and O–H groups in total. The van der Waals surface area contributed by atoms with Gasteiger partial charge >= 0.3 is 5.97 Å². The number of aromatic amines is 1. The Labute approximate surface area is 146 Å². The Bertz CT molecular complexity index is 867. The molecule has 0 amide bonds. The molecule has 0 unspecified atom stereocenters. The fraction of sp³-hybridized carbons (Fsp3) is 0.143. The first-order valence-electron chi connectivity index (χ1n) is 8.21. The Morgan fingerprint density at radius 2 is 1.68 bits per heavy atom. The Balaban J connectivity index is 1.93. The van der Waals surface area contributed by atoms with Crippen molar-refractivity contribution in [3.63, 3.8) is 0 Å². The van der Waals surface area contributed by atoms with Crippen LogP contribution in [0.1, 0.15) is 38.9 Å². The number of carbonyl (C=O) groups is 2. The summed E-state index contributed by atoms with van der Waals surface area (Å²) >= 11 is 0. The highest BCUT2D eigenvalue weighted by Gasteiger charge is 2.23. The van der Waals surface area contributed by atoms with Crippen LogP contribution in [0.5, 0.6) is 0 Å². The van der Waals surface area contributed by atoms with E-state index in [9.17, 15) is 9.59 Å². The molecule has 0 radical (unpaired) electrons. The first-order valence-corrected chi connectivity index (χ1v) is 8.21. The summed E-state index contributed by atoms with van der Waals surface area (Å²) in [5, 5.41) is 0. The summed E-state index contributed by atoms with van der Waals surface area (Å²) in [6.07, 6.45) is 1.29. The number of carbonyl (C=O) groups excluding carboxylic acids is 2. The zero-order valence-corrected chi connectivity index (χ0v) is 14.0. The standard InChI is InChI=1S/C21H19NO3/c1-2-17-19(21(24)25-14-15-9-5-3-6-10-15)18(13-23)22-20(17)16-11-7-4-8-12-16/h3-13,22H,2,14H2,1H3. The third-order valence-electron chi connectivity index (χ3n) is 4.08. The number of aldehydes is 1. The van der Waals surface area contributed by atoms with Crippen molar-refractivity contribution in [2.75, 3.05) is 0 Å². The average molecular weight is 333 g/mol. The number of rotatable bonds is 6. The van der Waals surface area contributed by atoms with Crippen molar-refractivity contribution >= 4 is 12.3 Å². The molecule has 0 fully saturated rings. The van der Waals surface area contributed by atoms with Crippen LogP contribution < -0.4 is 0 Å². The summed E-state index contributed by atoms with van der Waals surface area (Å²) in [6.45, 7) is 2.13. The van der Waals surface area contributed by atoms with Gasteiger partial charge in [-0.05, 0) is 23.1 Å². The van der Waals surface area contributed by atoms with E-state index in [2.05, 4.69) is 4.98 Å². The summed E-state index contributed by atoms with van der Waals surface area (Å²) in [4.78, 5) is 27.2. The van der Waals surface area contributed by atoms with E-state index in [0.29, 0.717) is 18.3 Å². The molecule has 0 spiro atoms. The number of ether oxygens (including phenoxy) is 1. The van der Waals surface area contributed by atoms with Crippen molar-refractivity contribution in [3.8, 4) is 11.3 Å².